The van der Waals surface area contributed by atoms with Crippen LogP contribution in [0.15, 0.2) is 24.3 Å². The third kappa shape index (κ3) is 3.23. The van der Waals surface area contributed by atoms with E-state index in [0.717, 1.165) is 18.0 Å². The van der Waals surface area contributed by atoms with E-state index in [-0.39, 0.29) is 5.41 Å². The highest BCUT2D eigenvalue weighted by molar-refractivity contribution is 6.31. The first kappa shape index (κ1) is 13.5. The van der Waals surface area contributed by atoms with Gasteiger partial charge in [-0.15, -0.1) is 0 Å². The Kier molecular flexibility index (Phi) is 4.82. The molecule has 0 bridgehead atoms. The van der Waals surface area contributed by atoms with Crippen molar-refractivity contribution >= 4 is 11.6 Å². The van der Waals surface area contributed by atoms with Gasteiger partial charge in [0.15, 0.2) is 0 Å². The Hall–Kier alpha value is -0.530. The van der Waals surface area contributed by atoms with Crippen molar-refractivity contribution in [2.45, 2.75) is 27.2 Å². The van der Waals surface area contributed by atoms with Gasteiger partial charge in [0.25, 0.3) is 0 Å². The van der Waals surface area contributed by atoms with Crippen LogP contribution in [0.5, 0.6) is 0 Å². The molecular formula is C14H22ClN. The molecule has 0 heterocycles. The van der Waals surface area contributed by atoms with E-state index >= 15 is 0 Å². The van der Waals surface area contributed by atoms with E-state index < -0.39 is 0 Å². The summed E-state index contributed by atoms with van der Waals surface area (Å²) in [6.07, 6.45) is 1.02. The van der Waals surface area contributed by atoms with Crippen molar-refractivity contribution in [3.8, 4) is 0 Å². The predicted octanol–water partition coefficient (Wildman–Crippen LogP) is 3.76. The Balaban J connectivity index is 2.88. The molecule has 1 atom stereocenters. The first-order valence-corrected chi connectivity index (χ1v) is 6.25. The van der Waals surface area contributed by atoms with Crippen LogP contribution in [-0.4, -0.2) is 13.6 Å². The average molecular weight is 240 g/mol. The number of hydrogen-bond donors (Lipinski definition) is 1. The molecule has 1 rings (SSSR count). The molecule has 1 aromatic carbocycles. The van der Waals surface area contributed by atoms with Gasteiger partial charge in [-0.05, 0) is 36.4 Å². The van der Waals surface area contributed by atoms with Crippen molar-refractivity contribution < 1.29 is 0 Å². The molecule has 1 aromatic rings. The van der Waals surface area contributed by atoms with E-state index in [0.29, 0.717) is 5.92 Å². The van der Waals surface area contributed by atoms with Gasteiger partial charge in [0.2, 0.25) is 0 Å². The summed E-state index contributed by atoms with van der Waals surface area (Å²) in [5.74, 6) is 0.622. The third-order valence-corrected chi connectivity index (χ3v) is 3.90. The maximum Gasteiger partial charge on any atom is 0.0438 e. The summed E-state index contributed by atoms with van der Waals surface area (Å²) in [6.45, 7) is 7.87. The molecule has 0 spiro atoms. The molecule has 0 saturated carbocycles. The average Bonchev–Trinajstić information content (AvgIpc) is 2.21. The molecule has 90 valence electrons. The van der Waals surface area contributed by atoms with E-state index in [1.807, 2.05) is 19.2 Å². The number of nitrogens with one attached hydrogen (secondary N) is 1. The molecule has 16 heavy (non-hydrogen) atoms. The third-order valence-electron chi connectivity index (χ3n) is 3.53. The maximum atomic E-state index is 6.21. The van der Waals surface area contributed by atoms with Crippen LogP contribution in [0.4, 0.5) is 0 Å². The summed E-state index contributed by atoms with van der Waals surface area (Å²) < 4.78 is 0. The molecule has 0 aromatic heterocycles. The first-order valence-electron chi connectivity index (χ1n) is 5.87. The van der Waals surface area contributed by atoms with Gasteiger partial charge in [-0.2, -0.15) is 0 Å². The molecule has 0 aliphatic carbocycles. The second-order valence-corrected chi connectivity index (χ2v) is 5.51. The van der Waals surface area contributed by atoms with E-state index in [4.69, 9.17) is 11.6 Å². The van der Waals surface area contributed by atoms with E-state index in [1.165, 1.54) is 5.56 Å². The fourth-order valence-corrected chi connectivity index (χ4v) is 2.15. The van der Waals surface area contributed by atoms with Crippen LogP contribution in [0.25, 0.3) is 0 Å². The topological polar surface area (TPSA) is 12.0 Å². The molecule has 0 fully saturated rings. The quantitative estimate of drug-likeness (QED) is 0.825. The second kappa shape index (κ2) is 5.70. The molecule has 0 aliphatic heterocycles. The minimum Gasteiger partial charge on any atom is -0.319 e. The summed E-state index contributed by atoms with van der Waals surface area (Å²) in [6, 6.07) is 8.13. The molecule has 0 saturated heterocycles. The Labute approximate surface area is 104 Å². The van der Waals surface area contributed by atoms with Gasteiger partial charge in [-0.3, -0.25) is 0 Å². The van der Waals surface area contributed by atoms with Crippen LogP contribution in [0.1, 0.15) is 26.3 Å². The molecule has 0 amide bonds. The highest BCUT2D eigenvalue weighted by Crippen LogP contribution is 2.32. The number of hydrogen-bond acceptors (Lipinski definition) is 1. The maximum absolute atomic E-state index is 6.21. The zero-order valence-electron chi connectivity index (χ0n) is 10.7. The largest absolute Gasteiger partial charge is 0.319 e. The number of halogens is 1. The molecular weight excluding hydrogens is 218 g/mol. The van der Waals surface area contributed by atoms with Crippen LogP contribution >= 0.6 is 11.6 Å². The minimum atomic E-state index is 0.250. The van der Waals surface area contributed by atoms with Crippen molar-refractivity contribution in [3.05, 3.63) is 34.9 Å². The van der Waals surface area contributed by atoms with E-state index in [9.17, 15) is 0 Å². The Morgan fingerprint density at radius 1 is 1.31 bits per heavy atom. The van der Waals surface area contributed by atoms with Crippen molar-refractivity contribution in [2.75, 3.05) is 13.6 Å². The van der Waals surface area contributed by atoms with Gasteiger partial charge in [-0.1, -0.05) is 50.6 Å². The van der Waals surface area contributed by atoms with Gasteiger partial charge in [0.05, 0.1) is 0 Å². The number of benzene rings is 1. The Bertz CT molecular complexity index is 335. The second-order valence-electron chi connectivity index (χ2n) is 5.11. The summed E-state index contributed by atoms with van der Waals surface area (Å²) in [7, 11) is 2.01. The summed E-state index contributed by atoms with van der Waals surface area (Å²) in [5, 5.41) is 4.17. The van der Waals surface area contributed by atoms with Crippen LogP contribution in [0.2, 0.25) is 5.02 Å². The van der Waals surface area contributed by atoms with Crippen molar-refractivity contribution in [1.29, 1.82) is 0 Å². The van der Waals surface area contributed by atoms with Crippen LogP contribution in [0.3, 0.4) is 0 Å². The van der Waals surface area contributed by atoms with Crippen molar-refractivity contribution in [2.24, 2.45) is 11.3 Å². The smallest absolute Gasteiger partial charge is 0.0438 e. The minimum absolute atomic E-state index is 0.250. The van der Waals surface area contributed by atoms with Crippen LogP contribution in [0, 0.1) is 11.3 Å². The highest BCUT2D eigenvalue weighted by atomic mass is 35.5. The lowest BCUT2D eigenvalue weighted by molar-refractivity contribution is 0.212. The lowest BCUT2D eigenvalue weighted by atomic mass is 9.74. The van der Waals surface area contributed by atoms with Gasteiger partial charge >= 0.3 is 0 Å². The van der Waals surface area contributed by atoms with Crippen molar-refractivity contribution in [3.63, 3.8) is 0 Å². The molecule has 0 radical (unpaired) electrons. The molecule has 1 nitrogen and oxygen atoms in total. The summed E-state index contributed by atoms with van der Waals surface area (Å²) in [4.78, 5) is 0. The zero-order valence-corrected chi connectivity index (χ0v) is 11.4. The van der Waals surface area contributed by atoms with Crippen molar-refractivity contribution in [1.82, 2.24) is 5.32 Å². The Morgan fingerprint density at radius 2 is 1.94 bits per heavy atom. The standard InChI is InChI=1S/C14H22ClN/c1-11(2)14(3,10-16-4)9-12-7-5-6-8-13(12)15/h5-8,11,16H,9-10H2,1-4H3. The lowest BCUT2D eigenvalue weighted by Gasteiger charge is -2.34. The lowest BCUT2D eigenvalue weighted by Crippen LogP contribution is -2.36. The van der Waals surface area contributed by atoms with E-state index in [2.05, 4.69) is 38.2 Å². The van der Waals surface area contributed by atoms with E-state index in [1.54, 1.807) is 0 Å². The monoisotopic (exact) mass is 239 g/mol. The normalized spacial score (nSPS) is 15.1. The van der Waals surface area contributed by atoms with Gasteiger partial charge in [-0.25, -0.2) is 0 Å². The fraction of sp³-hybridized carbons (Fsp3) is 0.571. The number of rotatable bonds is 5. The van der Waals surface area contributed by atoms with Crippen LogP contribution < -0.4 is 5.32 Å². The SMILES string of the molecule is CNCC(C)(Cc1ccccc1Cl)C(C)C. The van der Waals surface area contributed by atoms with Crippen LogP contribution in [-0.2, 0) is 6.42 Å². The first-order chi connectivity index (χ1) is 7.49. The highest BCUT2D eigenvalue weighted by Gasteiger charge is 2.28. The zero-order chi connectivity index (χ0) is 12.2. The van der Waals surface area contributed by atoms with Gasteiger partial charge in [0.1, 0.15) is 0 Å². The van der Waals surface area contributed by atoms with Gasteiger partial charge < -0.3 is 5.32 Å². The van der Waals surface area contributed by atoms with Gasteiger partial charge in [0, 0.05) is 11.6 Å². The summed E-state index contributed by atoms with van der Waals surface area (Å²) >= 11 is 6.21. The Morgan fingerprint density at radius 3 is 2.44 bits per heavy atom. The molecule has 1 unspecified atom stereocenters. The summed E-state index contributed by atoms with van der Waals surface area (Å²) in [5.41, 5.74) is 1.50. The molecule has 1 N–H and O–H groups in total. The molecule has 0 aliphatic rings. The molecule has 2 heteroatoms. The fourth-order valence-electron chi connectivity index (χ4n) is 1.95. The predicted molar refractivity (Wildman–Crippen MR) is 72.0 cm³/mol.